The zero-order chi connectivity index (χ0) is 21.8. The van der Waals surface area contributed by atoms with E-state index in [0.29, 0.717) is 6.54 Å². The Labute approximate surface area is 184 Å². The molecule has 0 saturated carbocycles. The Morgan fingerprint density at radius 1 is 1.29 bits per heavy atom. The van der Waals surface area contributed by atoms with Gasteiger partial charge in [-0.05, 0) is 37.8 Å². The SMILES string of the molecule is Cc1ccc(OCC(=O)[NH+](C)C(CN2CC[C@H](O)C2)c2ccccc2)c2c1NCCC2. The number of amides is 1. The fourth-order valence-corrected chi connectivity index (χ4v) is 4.72. The molecule has 1 amide bonds. The summed E-state index contributed by atoms with van der Waals surface area (Å²) in [7, 11) is 1.93. The molecular formula is C25H34N3O3+. The Morgan fingerprint density at radius 2 is 2.10 bits per heavy atom. The van der Waals surface area contributed by atoms with Crippen molar-refractivity contribution < 1.29 is 19.5 Å². The number of quaternary nitrogens is 1. The van der Waals surface area contributed by atoms with Crippen LogP contribution in [0.25, 0.3) is 0 Å². The highest BCUT2D eigenvalue weighted by Crippen LogP contribution is 2.33. The summed E-state index contributed by atoms with van der Waals surface area (Å²) in [5.41, 5.74) is 4.69. The zero-order valence-corrected chi connectivity index (χ0v) is 18.6. The maximum Gasteiger partial charge on any atom is 0.350 e. The van der Waals surface area contributed by atoms with Crippen molar-refractivity contribution in [1.82, 2.24) is 4.90 Å². The summed E-state index contributed by atoms with van der Waals surface area (Å²) in [6, 6.07) is 14.2. The van der Waals surface area contributed by atoms with Crippen molar-refractivity contribution in [2.75, 3.05) is 45.2 Å². The minimum absolute atomic E-state index is 0.00352. The van der Waals surface area contributed by atoms with Gasteiger partial charge in [0.2, 0.25) is 6.61 Å². The first-order chi connectivity index (χ1) is 15.0. The number of likely N-dealkylation sites (N-methyl/N-ethyl adjacent to an activating group) is 1. The summed E-state index contributed by atoms with van der Waals surface area (Å²) in [5.74, 6) is 0.847. The van der Waals surface area contributed by atoms with Crippen LogP contribution in [0.5, 0.6) is 5.75 Å². The van der Waals surface area contributed by atoms with Gasteiger partial charge in [-0.3, -0.25) is 9.80 Å². The lowest BCUT2D eigenvalue weighted by Crippen LogP contribution is -3.13. The predicted molar refractivity (Wildman–Crippen MR) is 122 cm³/mol. The van der Waals surface area contributed by atoms with Crippen LogP contribution in [-0.4, -0.2) is 61.9 Å². The van der Waals surface area contributed by atoms with Gasteiger partial charge in [0.15, 0.2) is 0 Å². The molecule has 2 aliphatic heterocycles. The molecule has 0 aromatic heterocycles. The standard InChI is InChI=1S/C25H33N3O3/c1-18-10-11-23(21-9-6-13-26-25(18)21)31-17-24(30)27(2)22(19-7-4-3-5-8-19)16-28-14-12-20(29)15-28/h3-5,7-8,10-11,20,22,26,29H,6,9,12-17H2,1-2H3/p+1/t20-,22?/m0/s1. The van der Waals surface area contributed by atoms with Gasteiger partial charge in [0.1, 0.15) is 11.8 Å². The average molecular weight is 425 g/mol. The van der Waals surface area contributed by atoms with Crippen molar-refractivity contribution in [2.45, 2.75) is 38.3 Å². The van der Waals surface area contributed by atoms with Gasteiger partial charge in [-0.1, -0.05) is 36.4 Å². The number of aryl methyl sites for hydroxylation is 1. The first-order valence-corrected chi connectivity index (χ1v) is 11.3. The van der Waals surface area contributed by atoms with Crippen LogP contribution < -0.4 is 15.0 Å². The lowest BCUT2D eigenvalue weighted by Gasteiger charge is -2.28. The van der Waals surface area contributed by atoms with Crippen LogP contribution in [-0.2, 0) is 11.2 Å². The predicted octanol–water partition coefficient (Wildman–Crippen LogP) is 1.58. The number of hydrogen-bond acceptors (Lipinski definition) is 5. The Balaban J connectivity index is 1.46. The number of anilines is 1. The molecule has 2 aromatic carbocycles. The van der Waals surface area contributed by atoms with E-state index in [9.17, 15) is 9.90 Å². The van der Waals surface area contributed by atoms with Gasteiger partial charge in [0.05, 0.1) is 19.7 Å². The molecule has 0 radical (unpaired) electrons. The molecule has 0 spiro atoms. The van der Waals surface area contributed by atoms with Gasteiger partial charge in [0, 0.05) is 36.4 Å². The van der Waals surface area contributed by atoms with Crippen molar-refractivity contribution in [3.8, 4) is 5.75 Å². The van der Waals surface area contributed by atoms with E-state index in [2.05, 4.69) is 35.3 Å². The van der Waals surface area contributed by atoms with Crippen LogP contribution in [0.15, 0.2) is 42.5 Å². The number of likely N-dealkylation sites (tertiary alicyclic amines) is 1. The van der Waals surface area contributed by atoms with Crippen molar-refractivity contribution in [3.05, 3.63) is 59.2 Å². The molecule has 2 heterocycles. The molecule has 2 aliphatic rings. The van der Waals surface area contributed by atoms with Gasteiger partial charge in [-0.25, -0.2) is 4.79 Å². The third kappa shape index (κ3) is 5.09. The monoisotopic (exact) mass is 424 g/mol. The number of aliphatic hydroxyl groups excluding tert-OH is 1. The Hall–Kier alpha value is -2.41. The summed E-state index contributed by atoms with van der Waals surface area (Å²) in [6.07, 6.45) is 2.57. The molecule has 6 nitrogen and oxygen atoms in total. The second kappa shape index (κ2) is 9.81. The number of benzene rings is 2. The van der Waals surface area contributed by atoms with Crippen molar-refractivity contribution in [1.29, 1.82) is 0 Å². The minimum atomic E-state index is -0.267. The number of ether oxygens (including phenoxy) is 1. The Kier molecular flexibility index (Phi) is 6.90. The maximum absolute atomic E-state index is 13.2. The normalized spacial score (nSPS) is 20.5. The first-order valence-electron chi connectivity index (χ1n) is 11.3. The molecule has 166 valence electrons. The topological polar surface area (TPSA) is 66.2 Å². The summed E-state index contributed by atoms with van der Waals surface area (Å²) >= 11 is 0. The molecule has 3 N–H and O–H groups in total. The van der Waals surface area contributed by atoms with Crippen LogP contribution in [0.4, 0.5) is 5.69 Å². The summed E-state index contributed by atoms with van der Waals surface area (Å²) < 4.78 is 6.05. The van der Waals surface area contributed by atoms with Gasteiger partial charge in [0.25, 0.3) is 0 Å². The Bertz CT molecular complexity index is 902. The summed E-state index contributed by atoms with van der Waals surface area (Å²) in [6.45, 7) is 5.40. The summed E-state index contributed by atoms with van der Waals surface area (Å²) in [4.78, 5) is 16.2. The van der Waals surface area contributed by atoms with E-state index in [0.717, 1.165) is 60.8 Å². The Morgan fingerprint density at radius 3 is 2.84 bits per heavy atom. The van der Waals surface area contributed by atoms with Crippen molar-refractivity contribution in [3.63, 3.8) is 0 Å². The second-order valence-corrected chi connectivity index (χ2v) is 8.82. The highest BCUT2D eigenvalue weighted by molar-refractivity contribution is 5.69. The molecule has 0 aliphatic carbocycles. The number of carbonyl (C=O) groups is 1. The van der Waals surface area contributed by atoms with Crippen LogP contribution in [0.3, 0.4) is 0 Å². The van der Waals surface area contributed by atoms with E-state index < -0.39 is 0 Å². The van der Waals surface area contributed by atoms with E-state index in [1.54, 1.807) is 0 Å². The lowest BCUT2D eigenvalue weighted by atomic mass is 9.99. The van der Waals surface area contributed by atoms with Crippen molar-refractivity contribution in [2.24, 2.45) is 0 Å². The van der Waals surface area contributed by atoms with E-state index in [-0.39, 0.29) is 24.7 Å². The lowest BCUT2D eigenvalue weighted by molar-refractivity contribution is -0.833. The number of aliphatic hydroxyl groups is 1. The number of nitrogens with zero attached hydrogens (tertiary/aromatic N) is 1. The van der Waals surface area contributed by atoms with E-state index >= 15 is 0 Å². The van der Waals surface area contributed by atoms with Gasteiger partial charge in [-0.15, -0.1) is 0 Å². The van der Waals surface area contributed by atoms with E-state index in [4.69, 9.17) is 4.74 Å². The minimum Gasteiger partial charge on any atom is -0.479 e. The quantitative estimate of drug-likeness (QED) is 0.630. The highest BCUT2D eigenvalue weighted by Gasteiger charge is 2.32. The number of β-amino-alcohol motifs (C(OH)–C–C–N with tert-alkyl or cyclic N) is 1. The van der Waals surface area contributed by atoms with Gasteiger partial charge >= 0.3 is 5.91 Å². The smallest absolute Gasteiger partial charge is 0.350 e. The van der Waals surface area contributed by atoms with Crippen LogP contribution >= 0.6 is 0 Å². The molecular weight excluding hydrogens is 390 g/mol. The number of hydrogen-bond donors (Lipinski definition) is 3. The molecule has 6 heteroatoms. The number of nitrogens with one attached hydrogen (secondary N) is 2. The molecule has 31 heavy (non-hydrogen) atoms. The van der Waals surface area contributed by atoms with Gasteiger partial charge in [-0.2, -0.15) is 0 Å². The number of rotatable bonds is 7. The molecule has 2 unspecified atom stereocenters. The van der Waals surface area contributed by atoms with Gasteiger partial charge < -0.3 is 15.2 Å². The number of carbonyl (C=O) groups excluding carboxylic acids is 1. The molecule has 2 aromatic rings. The highest BCUT2D eigenvalue weighted by atomic mass is 16.5. The third-order valence-corrected chi connectivity index (χ3v) is 6.60. The number of fused-ring (bicyclic) bond motifs is 1. The molecule has 1 saturated heterocycles. The third-order valence-electron chi connectivity index (χ3n) is 6.60. The maximum atomic E-state index is 13.2. The largest absolute Gasteiger partial charge is 0.479 e. The fraction of sp³-hybridized carbons (Fsp3) is 0.480. The molecule has 4 rings (SSSR count). The first kappa shape index (κ1) is 21.8. The van der Waals surface area contributed by atoms with Crippen LogP contribution in [0.2, 0.25) is 0 Å². The van der Waals surface area contributed by atoms with Crippen LogP contribution in [0, 0.1) is 6.92 Å². The second-order valence-electron chi connectivity index (χ2n) is 8.82. The fourth-order valence-electron chi connectivity index (χ4n) is 4.72. The molecule has 1 fully saturated rings. The molecule has 3 atom stereocenters. The van der Waals surface area contributed by atoms with Crippen LogP contribution in [0.1, 0.15) is 35.6 Å². The molecule has 0 bridgehead atoms. The van der Waals surface area contributed by atoms with E-state index in [1.807, 2.05) is 31.3 Å². The van der Waals surface area contributed by atoms with E-state index in [1.165, 1.54) is 11.1 Å². The zero-order valence-electron chi connectivity index (χ0n) is 18.6. The van der Waals surface area contributed by atoms with Crippen molar-refractivity contribution >= 4 is 11.6 Å². The summed E-state index contributed by atoms with van der Waals surface area (Å²) in [5, 5.41) is 13.4. The average Bonchev–Trinajstić information content (AvgIpc) is 3.22.